The molecule has 0 bridgehead atoms. The fourth-order valence-electron chi connectivity index (χ4n) is 9.84. The minimum Gasteiger partial charge on any atom is -0.508 e. The number of aliphatic imine (C=N–C) groups is 1. The van der Waals surface area contributed by atoms with Gasteiger partial charge in [-0.15, -0.1) is 0 Å². The number of carbonyl (C=O) groups is 10. The van der Waals surface area contributed by atoms with Gasteiger partial charge in [-0.05, 0) is 67.0 Å². The molecule has 1 fully saturated rings. The highest BCUT2D eigenvalue weighted by atomic mass is 16.3. The first-order valence-electron chi connectivity index (χ1n) is 28.2. The summed E-state index contributed by atoms with van der Waals surface area (Å²) >= 11 is 0. The largest absolute Gasteiger partial charge is 0.508 e. The summed E-state index contributed by atoms with van der Waals surface area (Å²) in [6.45, 7) is 5.76. The number of fused-ring (bicyclic) bond motifs is 1. The molecule has 5 rings (SSSR count). The molecular weight excluding hydrogens is 1110 g/mol. The van der Waals surface area contributed by atoms with E-state index in [0.717, 1.165) is 21.4 Å². The summed E-state index contributed by atoms with van der Waals surface area (Å²) in [6, 6.07) is 11.9. The minimum atomic E-state index is -1.81. The van der Waals surface area contributed by atoms with Crippen molar-refractivity contribution in [3.8, 4) is 5.75 Å². The molecule has 1 aliphatic heterocycles. The van der Waals surface area contributed by atoms with Crippen LogP contribution in [0.1, 0.15) is 76.5 Å². The SMILES string of the molecule is CC(=O)N[C@H](Cc1ccc(O)cc1)C(=O)N1C[C@H](O)C[C@H]1C(=O)N[C@@H](CC(N)=O)C(=O)N[C@H](C(=O)N[C@@H](Cc1ccccc1)C(=O)NCC=C[C@@H](CC(C)C)C(=O)N[C@@H](CCCN=C(N)N)C(=O)N[C@@H](Cc1c[nH]c2ccccc12)C(N)=O)[C@@H](C)O. The Kier molecular flexibility index (Phi) is 25.6. The molecule has 0 aliphatic carbocycles. The predicted molar refractivity (Wildman–Crippen MR) is 317 cm³/mol. The van der Waals surface area contributed by atoms with Gasteiger partial charge in [-0.25, -0.2) is 0 Å². The summed E-state index contributed by atoms with van der Waals surface area (Å²) < 4.78 is 0. The van der Waals surface area contributed by atoms with Crippen LogP contribution < -0.4 is 60.2 Å². The second-order valence-corrected chi connectivity index (χ2v) is 21.7. The number of carbonyl (C=O) groups excluding carboxylic acids is 10. The van der Waals surface area contributed by atoms with Crippen LogP contribution in [0, 0.1) is 11.8 Å². The number of phenolic OH excluding ortho intramolecular Hbond substituents is 1. The van der Waals surface area contributed by atoms with Gasteiger partial charge < -0.3 is 85.4 Å². The Morgan fingerprint density at radius 3 is 1.98 bits per heavy atom. The molecule has 27 nitrogen and oxygen atoms in total. The molecule has 86 heavy (non-hydrogen) atoms. The third-order valence-electron chi connectivity index (χ3n) is 14.1. The number of aromatic nitrogens is 1. The number of hydrogen-bond acceptors (Lipinski definition) is 14. The van der Waals surface area contributed by atoms with E-state index in [4.69, 9.17) is 22.9 Å². The molecule has 464 valence electrons. The van der Waals surface area contributed by atoms with Crippen LogP contribution in [0.15, 0.2) is 102 Å². The monoisotopic (exact) mass is 1190 g/mol. The number of likely N-dealkylation sites (tertiary alicyclic amines) is 1. The van der Waals surface area contributed by atoms with Gasteiger partial charge in [0.2, 0.25) is 59.1 Å². The van der Waals surface area contributed by atoms with E-state index in [1.165, 1.54) is 44.2 Å². The Morgan fingerprint density at radius 2 is 1.34 bits per heavy atom. The number of primary amides is 2. The van der Waals surface area contributed by atoms with E-state index >= 15 is 0 Å². The number of nitrogens with zero attached hydrogens (tertiary/aromatic N) is 2. The van der Waals surface area contributed by atoms with Crippen molar-refractivity contribution in [1.82, 2.24) is 47.1 Å². The third-order valence-corrected chi connectivity index (χ3v) is 14.1. The van der Waals surface area contributed by atoms with E-state index in [1.807, 2.05) is 38.1 Å². The van der Waals surface area contributed by atoms with Crippen molar-refractivity contribution < 1.29 is 63.3 Å². The summed E-state index contributed by atoms with van der Waals surface area (Å²) in [5.74, 6) is -9.42. The lowest BCUT2D eigenvalue weighted by Gasteiger charge is -2.30. The Bertz CT molecular complexity index is 3070. The number of rotatable bonds is 32. The second kappa shape index (κ2) is 32.6. The average Bonchev–Trinajstić information content (AvgIpc) is 2.61. The van der Waals surface area contributed by atoms with Crippen molar-refractivity contribution in [2.24, 2.45) is 39.8 Å². The standard InChI is InChI=1S/C59H80N14O13/c1-32(2)24-37(52(80)68-43(17-11-23-65-59(62)63)54(82)69-44(51(61)79)27-38-30-66-42-16-9-8-15-41(38)42)14-10-22-64-53(81)45(25-35-12-6-5-7-13-35)71-57(85)50(33(3)74)72-55(83)46(29-49(60)78)70-56(84)48-28-40(77)31-73(48)58(86)47(67-34(4)75)26-36-18-20-39(76)21-19-36/h5-10,12-16,18-21,30,32-33,37,40,43-48,50,66,74,76-77H,11,17,22-29,31H2,1-4H3,(H2,60,78)(H2,61,79)(H,64,81)(H,67,75)(H,68,80)(H,69,82)(H,70,84)(H,71,85)(H,72,83)(H4,62,63,65)/t33-,37+,40-,43+,44+,45+,46+,47-,48+,50+/m1/s1. The summed E-state index contributed by atoms with van der Waals surface area (Å²) in [5.41, 5.74) is 25.0. The van der Waals surface area contributed by atoms with Gasteiger partial charge >= 0.3 is 0 Å². The first-order valence-corrected chi connectivity index (χ1v) is 28.2. The molecule has 27 heteroatoms. The molecular formula is C59H80N14O13. The highest BCUT2D eigenvalue weighted by Crippen LogP contribution is 2.23. The van der Waals surface area contributed by atoms with Gasteiger partial charge in [-0.1, -0.05) is 86.7 Å². The number of amides is 10. The third kappa shape index (κ3) is 21.1. The van der Waals surface area contributed by atoms with Crippen molar-refractivity contribution in [1.29, 1.82) is 0 Å². The molecule has 4 aromatic rings. The number of nitrogens with one attached hydrogen (secondary N) is 8. The average molecular weight is 1190 g/mol. The number of aromatic amines is 1. The van der Waals surface area contributed by atoms with Crippen LogP contribution in [-0.4, -0.2) is 164 Å². The van der Waals surface area contributed by atoms with Crippen molar-refractivity contribution in [2.45, 2.75) is 134 Å². The van der Waals surface area contributed by atoms with E-state index < -0.39 is 126 Å². The van der Waals surface area contributed by atoms with Crippen LogP contribution in [0.4, 0.5) is 0 Å². The van der Waals surface area contributed by atoms with Crippen molar-refractivity contribution >= 4 is 75.9 Å². The van der Waals surface area contributed by atoms with Gasteiger partial charge in [0.15, 0.2) is 5.96 Å². The fraction of sp³-hybridized carbons (Fsp3) is 0.441. The van der Waals surface area contributed by atoms with Gasteiger partial charge in [-0.2, -0.15) is 0 Å². The van der Waals surface area contributed by atoms with Gasteiger partial charge in [-0.3, -0.25) is 52.9 Å². The number of hydrogen-bond donors (Lipinski definition) is 15. The van der Waals surface area contributed by atoms with E-state index in [0.29, 0.717) is 17.5 Å². The number of para-hydroxylation sites is 1. The Labute approximate surface area is 497 Å². The fourth-order valence-corrected chi connectivity index (χ4v) is 9.84. The Balaban J connectivity index is 1.28. The molecule has 2 heterocycles. The van der Waals surface area contributed by atoms with Crippen LogP contribution in [0.25, 0.3) is 10.9 Å². The molecule has 10 atom stereocenters. The van der Waals surface area contributed by atoms with Crippen LogP contribution in [-0.2, 0) is 67.2 Å². The number of aromatic hydroxyl groups is 1. The zero-order chi connectivity index (χ0) is 63.2. The number of H-pyrrole nitrogens is 1. The predicted octanol–water partition coefficient (Wildman–Crippen LogP) is -2.08. The summed E-state index contributed by atoms with van der Waals surface area (Å²) in [6.07, 6.45) is 1.38. The summed E-state index contributed by atoms with van der Waals surface area (Å²) in [4.78, 5) is 144. The maximum Gasteiger partial charge on any atom is 0.246 e. The zero-order valence-corrected chi connectivity index (χ0v) is 48.5. The molecule has 1 aromatic heterocycles. The maximum atomic E-state index is 14.1. The van der Waals surface area contributed by atoms with Crippen molar-refractivity contribution in [3.05, 3.63) is 114 Å². The molecule has 10 amide bonds. The lowest BCUT2D eigenvalue weighted by molar-refractivity contribution is -0.142. The molecule has 0 spiro atoms. The van der Waals surface area contributed by atoms with Crippen LogP contribution >= 0.6 is 0 Å². The number of phenols is 1. The van der Waals surface area contributed by atoms with Gasteiger partial charge in [0, 0.05) is 69.3 Å². The Hall–Kier alpha value is -9.37. The van der Waals surface area contributed by atoms with Crippen LogP contribution in [0.5, 0.6) is 5.75 Å². The van der Waals surface area contributed by atoms with Crippen LogP contribution in [0.2, 0.25) is 0 Å². The number of benzene rings is 3. The first-order chi connectivity index (χ1) is 40.8. The van der Waals surface area contributed by atoms with Gasteiger partial charge in [0.05, 0.1) is 24.5 Å². The maximum absolute atomic E-state index is 14.1. The topological polar surface area (TPSA) is 451 Å². The number of aliphatic hydroxyl groups excluding tert-OH is 2. The lowest BCUT2D eigenvalue weighted by atomic mass is 9.95. The van der Waals surface area contributed by atoms with E-state index in [-0.39, 0.29) is 75.8 Å². The van der Waals surface area contributed by atoms with Crippen molar-refractivity contribution in [3.63, 3.8) is 0 Å². The quantitative estimate of drug-likeness (QED) is 0.0108. The zero-order valence-electron chi connectivity index (χ0n) is 48.5. The van der Waals surface area contributed by atoms with Gasteiger partial charge in [0.1, 0.15) is 48.0 Å². The highest BCUT2D eigenvalue weighted by molar-refractivity contribution is 5.99. The molecule has 0 unspecified atom stereocenters. The number of aliphatic hydroxyl groups is 2. The number of nitrogens with two attached hydrogens (primary N) is 4. The summed E-state index contributed by atoms with van der Waals surface area (Å²) in [7, 11) is 0. The molecule has 1 aliphatic rings. The summed E-state index contributed by atoms with van der Waals surface area (Å²) in [5, 5.41) is 50.3. The van der Waals surface area contributed by atoms with Gasteiger partial charge in [0.25, 0.3) is 0 Å². The first kappa shape index (κ1) is 67.4. The van der Waals surface area contributed by atoms with Crippen LogP contribution in [0.3, 0.4) is 0 Å². The molecule has 3 aromatic carbocycles. The smallest absolute Gasteiger partial charge is 0.246 e. The number of guanidine groups is 1. The lowest BCUT2D eigenvalue weighted by Crippen LogP contribution is -2.61. The van der Waals surface area contributed by atoms with E-state index in [2.05, 4.69) is 47.2 Å². The highest BCUT2D eigenvalue weighted by Gasteiger charge is 2.43. The number of β-amino-alcohol motifs (C(OH)–C–C–N with tert-alkyl or cyclic N) is 1. The molecule has 1 saturated heterocycles. The molecule has 0 saturated carbocycles. The molecule has 0 radical (unpaired) electrons. The Morgan fingerprint density at radius 1 is 0.709 bits per heavy atom. The normalized spacial score (nSPS) is 16.7. The van der Waals surface area contributed by atoms with E-state index in [1.54, 1.807) is 42.6 Å². The van der Waals surface area contributed by atoms with E-state index in [9.17, 15) is 63.3 Å². The second-order valence-electron chi connectivity index (χ2n) is 21.7. The molecule has 19 N–H and O–H groups in total. The minimum absolute atomic E-state index is 0.0358. The van der Waals surface area contributed by atoms with Crippen molar-refractivity contribution in [2.75, 3.05) is 19.6 Å².